The summed E-state index contributed by atoms with van der Waals surface area (Å²) < 4.78 is 31.0. The van der Waals surface area contributed by atoms with Gasteiger partial charge in [-0.2, -0.15) is 0 Å². The number of hydrogen-bond acceptors (Lipinski definition) is 5. The summed E-state index contributed by atoms with van der Waals surface area (Å²) in [5.74, 6) is 0. The first-order chi connectivity index (χ1) is 9.44. The van der Waals surface area contributed by atoms with Gasteiger partial charge < -0.3 is 15.8 Å². The van der Waals surface area contributed by atoms with E-state index in [0.717, 1.165) is 12.8 Å². The van der Waals surface area contributed by atoms with Crippen molar-refractivity contribution in [3.8, 4) is 0 Å². The Hall–Kier alpha value is -1.31. The molecule has 1 aromatic carbocycles. The number of ether oxygens (including phenoxy) is 1. The van der Waals surface area contributed by atoms with E-state index in [1.807, 2.05) is 0 Å². The van der Waals surface area contributed by atoms with Crippen molar-refractivity contribution < 1.29 is 13.2 Å². The molecule has 1 unspecified atom stereocenters. The minimum absolute atomic E-state index is 0.0971. The Morgan fingerprint density at radius 1 is 1.40 bits per heavy atom. The minimum Gasteiger partial charge on any atom is -0.397 e. The number of sulfonamides is 1. The Kier molecular flexibility index (Phi) is 6.25. The zero-order valence-corrected chi connectivity index (χ0v) is 13.0. The van der Waals surface area contributed by atoms with Gasteiger partial charge in [0.15, 0.2) is 0 Å². The molecule has 0 aliphatic carbocycles. The fraction of sp³-hybridized carbons (Fsp3) is 0.538. The number of anilines is 2. The molecule has 114 valence electrons. The summed E-state index contributed by atoms with van der Waals surface area (Å²) >= 11 is 0. The van der Waals surface area contributed by atoms with Crippen LogP contribution in [0.5, 0.6) is 0 Å². The summed E-state index contributed by atoms with van der Waals surface area (Å²) in [5.41, 5.74) is 7.02. The maximum absolute atomic E-state index is 11.8. The summed E-state index contributed by atoms with van der Waals surface area (Å²) in [6.45, 7) is 2.62. The standard InChI is InChI=1S/C13H23N3O3S/c1-4-5-10(9-19-3)16-13-8-11(6-7-12(13)14)20(17,18)15-2/h6-8,10,15-16H,4-5,9,14H2,1-3H3. The Balaban J connectivity index is 3.02. The number of benzene rings is 1. The van der Waals surface area contributed by atoms with E-state index in [-0.39, 0.29) is 10.9 Å². The average molecular weight is 301 g/mol. The summed E-state index contributed by atoms with van der Waals surface area (Å²) in [4.78, 5) is 0.185. The van der Waals surface area contributed by atoms with Crippen LogP contribution in [0.3, 0.4) is 0 Å². The molecular formula is C13H23N3O3S. The predicted molar refractivity (Wildman–Crippen MR) is 81.3 cm³/mol. The molecule has 0 saturated carbocycles. The van der Waals surface area contributed by atoms with Crippen LogP contribution in [0.1, 0.15) is 19.8 Å². The zero-order valence-electron chi connectivity index (χ0n) is 12.1. The third kappa shape index (κ3) is 4.36. The van der Waals surface area contributed by atoms with Crippen LogP contribution in [0, 0.1) is 0 Å². The third-order valence-corrected chi connectivity index (χ3v) is 4.38. The van der Waals surface area contributed by atoms with Gasteiger partial charge in [-0.05, 0) is 31.7 Å². The molecular weight excluding hydrogens is 278 g/mol. The number of nitrogen functional groups attached to an aromatic ring is 1. The first-order valence-corrected chi connectivity index (χ1v) is 8.01. The molecule has 1 atom stereocenters. The van der Waals surface area contributed by atoms with Crippen LogP contribution < -0.4 is 15.8 Å². The second kappa shape index (κ2) is 7.47. The molecule has 0 bridgehead atoms. The van der Waals surface area contributed by atoms with E-state index >= 15 is 0 Å². The molecule has 0 spiro atoms. The highest BCUT2D eigenvalue weighted by Gasteiger charge is 2.15. The second-order valence-electron chi connectivity index (χ2n) is 4.54. The van der Waals surface area contributed by atoms with E-state index in [1.54, 1.807) is 19.2 Å². The summed E-state index contributed by atoms with van der Waals surface area (Å²) in [7, 11) is -0.462. The highest BCUT2D eigenvalue weighted by molar-refractivity contribution is 7.89. The van der Waals surface area contributed by atoms with Crippen molar-refractivity contribution >= 4 is 21.4 Å². The zero-order chi connectivity index (χ0) is 15.2. The molecule has 0 saturated heterocycles. The SMILES string of the molecule is CCCC(COC)Nc1cc(S(=O)(=O)NC)ccc1N. The predicted octanol–water partition coefficient (Wildman–Crippen LogP) is 1.40. The van der Waals surface area contributed by atoms with Gasteiger partial charge in [0.1, 0.15) is 0 Å². The van der Waals surface area contributed by atoms with Gasteiger partial charge >= 0.3 is 0 Å². The maximum Gasteiger partial charge on any atom is 0.240 e. The lowest BCUT2D eigenvalue weighted by Crippen LogP contribution is -2.25. The van der Waals surface area contributed by atoms with Gasteiger partial charge in [-0.25, -0.2) is 13.1 Å². The molecule has 0 aliphatic heterocycles. The van der Waals surface area contributed by atoms with Gasteiger partial charge in [0, 0.05) is 13.2 Å². The molecule has 0 amide bonds. The fourth-order valence-electron chi connectivity index (χ4n) is 1.91. The van der Waals surface area contributed by atoms with Gasteiger partial charge in [0.25, 0.3) is 0 Å². The number of rotatable bonds is 8. The molecule has 0 aliphatic rings. The summed E-state index contributed by atoms with van der Waals surface area (Å²) in [5, 5.41) is 3.24. The maximum atomic E-state index is 11.8. The van der Waals surface area contributed by atoms with E-state index in [2.05, 4.69) is 17.0 Å². The Morgan fingerprint density at radius 3 is 2.65 bits per heavy atom. The molecule has 1 rings (SSSR count). The van der Waals surface area contributed by atoms with Crippen molar-refractivity contribution in [3.05, 3.63) is 18.2 Å². The second-order valence-corrected chi connectivity index (χ2v) is 6.43. The quantitative estimate of drug-likeness (QED) is 0.631. The van der Waals surface area contributed by atoms with Crippen LogP contribution in [0.4, 0.5) is 11.4 Å². The van der Waals surface area contributed by atoms with Crippen molar-refractivity contribution in [2.75, 3.05) is 31.8 Å². The summed E-state index contributed by atoms with van der Waals surface area (Å²) in [6, 6.07) is 4.71. The lowest BCUT2D eigenvalue weighted by molar-refractivity contribution is 0.182. The highest BCUT2D eigenvalue weighted by atomic mass is 32.2. The van der Waals surface area contributed by atoms with Crippen molar-refractivity contribution in [1.82, 2.24) is 4.72 Å². The Morgan fingerprint density at radius 2 is 2.10 bits per heavy atom. The van der Waals surface area contributed by atoms with Gasteiger partial charge in [-0.15, -0.1) is 0 Å². The number of nitrogens with two attached hydrogens (primary N) is 1. The van der Waals surface area contributed by atoms with Crippen molar-refractivity contribution in [1.29, 1.82) is 0 Å². The average Bonchev–Trinajstić information content (AvgIpc) is 2.41. The van der Waals surface area contributed by atoms with Crippen LogP contribution in [0.2, 0.25) is 0 Å². The van der Waals surface area contributed by atoms with Crippen LogP contribution in [-0.2, 0) is 14.8 Å². The lowest BCUT2D eigenvalue weighted by Gasteiger charge is -2.20. The third-order valence-electron chi connectivity index (χ3n) is 2.97. The van der Waals surface area contributed by atoms with Gasteiger partial charge in [-0.3, -0.25) is 0 Å². The first kappa shape index (κ1) is 16.7. The van der Waals surface area contributed by atoms with E-state index in [9.17, 15) is 8.42 Å². The molecule has 7 heteroatoms. The Labute approximate surface area is 120 Å². The highest BCUT2D eigenvalue weighted by Crippen LogP contribution is 2.24. The van der Waals surface area contributed by atoms with Gasteiger partial charge in [-0.1, -0.05) is 13.3 Å². The fourth-order valence-corrected chi connectivity index (χ4v) is 2.67. The lowest BCUT2D eigenvalue weighted by atomic mass is 10.1. The topological polar surface area (TPSA) is 93.4 Å². The van der Waals surface area contributed by atoms with E-state index in [1.165, 1.54) is 13.1 Å². The molecule has 1 aromatic rings. The molecule has 0 radical (unpaired) electrons. The van der Waals surface area contributed by atoms with Crippen LogP contribution >= 0.6 is 0 Å². The van der Waals surface area contributed by atoms with E-state index in [0.29, 0.717) is 18.0 Å². The van der Waals surface area contributed by atoms with Crippen molar-refractivity contribution in [2.24, 2.45) is 0 Å². The van der Waals surface area contributed by atoms with E-state index < -0.39 is 10.0 Å². The normalized spacial score (nSPS) is 13.2. The number of hydrogen-bond donors (Lipinski definition) is 3. The molecule has 0 heterocycles. The number of nitrogens with one attached hydrogen (secondary N) is 2. The monoisotopic (exact) mass is 301 g/mol. The molecule has 20 heavy (non-hydrogen) atoms. The van der Waals surface area contributed by atoms with E-state index in [4.69, 9.17) is 10.5 Å². The largest absolute Gasteiger partial charge is 0.397 e. The smallest absolute Gasteiger partial charge is 0.240 e. The molecule has 0 fully saturated rings. The first-order valence-electron chi connectivity index (χ1n) is 6.53. The van der Waals surface area contributed by atoms with Crippen LogP contribution in [0.25, 0.3) is 0 Å². The Bertz CT molecular complexity index is 526. The minimum atomic E-state index is -3.47. The summed E-state index contributed by atoms with van der Waals surface area (Å²) in [6.07, 6.45) is 1.91. The van der Waals surface area contributed by atoms with Crippen LogP contribution in [0.15, 0.2) is 23.1 Å². The molecule has 0 aromatic heterocycles. The van der Waals surface area contributed by atoms with Crippen molar-refractivity contribution in [2.45, 2.75) is 30.7 Å². The molecule has 4 N–H and O–H groups in total. The number of methoxy groups -OCH3 is 1. The van der Waals surface area contributed by atoms with Gasteiger partial charge in [0.2, 0.25) is 10.0 Å². The molecule has 6 nitrogen and oxygen atoms in total. The van der Waals surface area contributed by atoms with Crippen LogP contribution in [-0.4, -0.2) is 35.2 Å². The van der Waals surface area contributed by atoms with Crippen molar-refractivity contribution in [3.63, 3.8) is 0 Å². The van der Waals surface area contributed by atoms with Gasteiger partial charge in [0.05, 0.1) is 22.9 Å².